The molecule has 0 bridgehead atoms. The topological polar surface area (TPSA) is 38.3 Å². The van der Waals surface area contributed by atoms with Crippen LogP contribution in [-0.2, 0) is 9.53 Å². The molecule has 1 N–H and O–H groups in total. The summed E-state index contributed by atoms with van der Waals surface area (Å²) in [5.41, 5.74) is 0.577. The van der Waals surface area contributed by atoms with Crippen molar-refractivity contribution in [3.8, 4) is 12.3 Å². The van der Waals surface area contributed by atoms with Crippen molar-refractivity contribution in [2.75, 3.05) is 13.7 Å². The van der Waals surface area contributed by atoms with Gasteiger partial charge in [-0.3, -0.25) is 5.32 Å². The normalized spacial score (nSPS) is 11.6. The van der Waals surface area contributed by atoms with E-state index in [1.165, 1.54) is 25.3 Å². The number of carbonyl (C=O) groups is 1. The summed E-state index contributed by atoms with van der Waals surface area (Å²) in [6.07, 6.45) is 5.12. The maximum Gasteiger partial charge on any atom is 0.327 e. The van der Waals surface area contributed by atoms with E-state index in [1.807, 2.05) is 0 Å². The van der Waals surface area contributed by atoms with Gasteiger partial charge in [0.05, 0.1) is 13.7 Å². The van der Waals surface area contributed by atoms with Crippen LogP contribution in [0.2, 0.25) is 0 Å². The Kier molecular flexibility index (Phi) is 5.13. The minimum atomic E-state index is -0.717. The molecule has 0 saturated heterocycles. The average molecular weight is 300 g/mol. The van der Waals surface area contributed by atoms with Gasteiger partial charge >= 0.3 is 5.97 Å². The van der Waals surface area contributed by atoms with E-state index in [4.69, 9.17) is 6.42 Å². The number of hydrogen-bond donors (Lipinski definition) is 1. The van der Waals surface area contributed by atoms with E-state index in [2.05, 4.69) is 31.9 Å². The van der Waals surface area contributed by atoms with Gasteiger partial charge in [0.15, 0.2) is 0 Å². The molecule has 3 nitrogen and oxygen atoms in total. The molecule has 5 heteroatoms. The first kappa shape index (κ1) is 13.7. The molecule has 0 saturated carbocycles. The molecule has 0 spiro atoms. The Morgan fingerprint density at radius 2 is 2.41 bits per heavy atom. The molecule has 1 unspecified atom stereocenters. The number of terminal acetylenes is 1. The van der Waals surface area contributed by atoms with Crippen LogP contribution in [0.5, 0.6) is 0 Å². The van der Waals surface area contributed by atoms with Crippen LogP contribution in [0.4, 0.5) is 4.39 Å². The van der Waals surface area contributed by atoms with E-state index >= 15 is 0 Å². The summed E-state index contributed by atoms with van der Waals surface area (Å²) >= 11 is 3.20. The molecule has 90 valence electrons. The van der Waals surface area contributed by atoms with Crippen LogP contribution < -0.4 is 5.32 Å². The van der Waals surface area contributed by atoms with Gasteiger partial charge in [0.1, 0.15) is 11.9 Å². The molecule has 0 radical (unpaired) electrons. The lowest BCUT2D eigenvalue weighted by Gasteiger charge is -2.16. The minimum absolute atomic E-state index is 0.212. The Morgan fingerprint density at radius 1 is 1.71 bits per heavy atom. The highest BCUT2D eigenvalue weighted by molar-refractivity contribution is 9.10. The minimum Gasteiger partial charge on any atom is -0.468 e. The largest absolute Gasteiger partial charge is 0.468 e. The quantitative estimate of drug-likeness (QED) is 0.683. The molecule has 0 aromatic heterocycles. The van der Waals surface area contributed by atoms with Gasteiger partial charge < -0.3 is 4.74 Å². The lowest BCUT2D eigenvalue weighted by atomic mass is 10.1. The third-order valence-electron chi connectivity index (χ3n) is 2.12. The summed E-state index contributed by atoms with van der Waals surface area (Å²) in [4.78, 5) is 11.6. The van der Waals surface area contributed by atoms with Gasteiger partial charge in [0, 0.05) is 4.47 Å². The standard InChI is InChI=1S/C12H11BrFNO2/c1-3-6-15-11(12(16)17-2)9-5-4-8(14)7-10(9)13/h1,4-5,7,11,15H,6H2,2H3. The fourth-order valence-electron chi connectivity index (χ4n) is 1.33. The number of methoxy groups -OCH3 is 1. The van der Waals surface area contributed by atoms with E-state index in [0.29, 0.717) is 10.0 Å². The average Bonchev–Trinajstić information content (AvgIpc) is 2.31. The maximum atomic E-state index is 12.9. The molecule has 1 aromatic carbocycles. The fraction of sp³-hybridized carbons (Fsp3) is 0.250. The first-order valence-corrected chi connectivity index (χ1v) is 5.59. The Morgan fingerprint density at radius 3 is 2.94 bits per heavy atom. The zero-order valence-corrected chi connectivity index (χ0v) is 10.8. The monoisotopic (exact) mass is 299 g/mol. The smallest absolute Gasteiger partial charge is 0.327 e. The second-order valence-electron chi connectivity index (χ2n) is 3.21. The number of nitrogens with one attached hydrogen (secondary N) is 1. The first-order chi connectivity index (χ1) is 8.10. The molecule has 0 fully saturated rings. The zero-order valence-electron chi connectivity index (χ0n) is 9.17. The third kappa shape index (κ3) is 3.55. The van der Waals surface area contributed by atoms with Crippen molar-refractivity contribution < 1.29 is 13.9 Å². The highest BCUT2D eigenvalue weighted by Crippen LogP contribution is 2.25. The summed E-state index contributed by atoms with van der Waals surface area (Å²) in [5, 5.41) is 2.83. The SMILES string of the molecule is C#CCNC(C(=O)OC)c1ccc(F)cc1Br. The van der Waals surface area contributed by atoms with Crippen LogP contribution in [0.1, 0.15) is 11.6 Å². The summed E-state index contributed by atoms with van der Waals surface area (Å²) in [5.74, 6) is 1.50. The summed E-state index contributed by atoms with van der Waals surface area (Å²) in [6.45, 7) is 0.212. The second kappa shape index (κ2) is 6.38. The molecule has 0 heterocycles. The molecule has 0 aliphatic heterocycles. The molecule has 1 aromatic rings. The summed E-state index contributed by atoms with van der Waals surface area (Å²) in [6, 6.07) is 3.34. The highest BCUT2D eigenvalue weighted by atomic mass is 79.9. The van der Waals surface area contributed by atoms with Crippen molar-refractivity contribution in [1.29, 1.82) is 0 Å². The highest BCUT2D eigenvalue weighted by Gasteiger charge is 2.22. The Labute approximate surface area is 107 Å². The second-order valence-corrected chi connectivity index (χ2v) is 4.06. The van der Waals surface area contributed by atoms with Crippen molar-refractivity contribution >= 4 is 21.9 Å². The van der Waals surface area contributed by atoms with E-state index < -0.39 is 12.0 Å². The summed E-state index contributed by atoms with van der Waals surface area (Å²) in [7, 11) is 1.28. The molecule has 0 aliphatic carbocycles. The fourth-order valence-corrected chi connectivity index (χ4v) is 1.91. The Bertz CT molecular complexity index is 456. The zero-order chi connectivity index (χ0) is 12.8. The first-order valence-electron chi connectivity index (χ1n) is 4.79. The molecule has 0 aliphatic rings. The van der Waals surface area contributed by atoms with E-state index in [9.17, 15) is 9.18 Å². The van der Waals surface area contributed by atoms with E-state index in [0.717, 1.165) is 0 Å². The van der Waals surface area contributed by atoms with Crippen LogP contribution in [0.25, 0.3) is 0 Å². The van der Waals surface area contributed by atoms with Gasteiger partial charge in [0.2, 0.25) is 0 Å². The predicted molar refractivity (Wildman–Crippen MR) is 65.7 cm³/mol. The van der Waals surface area contributed by atoms with Gasteiger partial charge in [-0.15, -0.1) is 6.42 Å². The summed E-state index contributed by atoms with van der Waals surface area (Å²) < 4.78 is 18.1. The van der Waals surface area contributed by atoms with Gasteiger partial charge in [0.25, 0.3) is 0 Å². The molecular weight excluding hydrogens is 289 g/mol. The molecular formula is C12H11BrFNO2. The van der Waals surface area contributed by atoms with Crippen LogP contribution in [0, 0.1) is 18.2 Å². The Hall–Kier alpha value is -1.38. The number of esters is 1. The molecule has 1 rings (SSSR count). The number of rotatable bonds is 4. The number of carbonyl (C=O) groups excluding carboxylic acids is 1. The lowest BCUT2D eigenvalue weighted by Crippen LogP contribution is -2.30. The number of hydrogen-bond acceptors (Lipinski definition) is 3. The number of benzene rings is 1. The van der Waals surface area contributed by atoms with Crippen LogP contribution in [-0.4, -0.2) is 19.6 Å². The lowest BCUT2D eigenvalue weighted by molar-refractivity contribution is -0.143. The van der Waals surface area contributed by atoms with E-state index in [-0.39, 0.29) is 12.4 Å². The molecule has 1 atom stereocenters. The van der Waals surface area contributed by atoms with Gasteiger partial charge in [-0.1, -0.05) is 27.9 Å². The molecule has 17 heavy (non-hydrogen) atoms. The van der Waals surface area contributed by atoms with Crippen LogP contribution in [0.3, 0.4) is 0 Å². The van der Waals surface area contributed by atoms with Gasteiger partial charge in [-0.05, 0) is 17.7 Å². The maximum absolute atomic E-state index is 12.9. The van der Waals surface area contributed by atoms with Gasteiger partial charge in [-0.25, -0.2) is 9.18 Å². The Balaban J connectivity index is 3.04. The number of ether oxygens (including phenoxy) is 1. The number of halogens is 2. The van der Waals surface area contributed by atoms with Crippen molar-refractivity contribution in [3.05, 3.63) is 34.1 Å². The van der Waals surface area contributed by atoms with Crippen LogP contribution in [0.15, 0.2) is 22.7 Å². The van der Waals surface area contributed by atoms with Crippen molar-refractivity contribution in [2.24, 2.45) is 0 Å². The van der Waals surface area contributed by atoms with E-state index in [1.54, 1.807) is 0 Å². The molecule has 0 amide bonds. The van der Waals surface area contributed by atoms with Crippen molar-refractivity contribution in [3.63, 3.8) is 0 Å². The van der Waals surface area contributed by atoms with Crippen molar-refractivity contribution in [1.82, 2.24) is 5.32 Å². The van der Waals surface area contributed by atoms with Crippen LogP contribution >= 0.6 is 15.9 Å². The third-order valence-corrected chi connectivity index (χ3v) is 2.81. The van der Waals surface area contributed by atoms with Gasteiger partial charge in [-0.2, -0.15) is 0 Å². The predicted octanol–water partition coefficient (Wildman–Crippen LogP) is 2.03. The van der Waals surface area contributed by atoms with Crippen molar-refractivity contribution in [2.45, 2.75) is 6.04 Å².